The van der Waals surface area contributed by atoms with Crippen LogP contribution >= 0.6 is 22.9 Å². The van der Waals surface area contributed by atoms with E-state index in [2.05, 4.69) is 5.32 Å². The van der Waals surface area contributed by atoms with Crippen molar-refractivity contribution in [2.45, 2.75) is 32.4 Å². The number of carbonyl (C=O) groups excluding carboxylic acids is 2. The van der Waals surface area contributed by atoms with E-state index in [9.17, 15) is 9.59 Å². The van der Waals surface area contributed by atoms with Gasteiger partial charge in [0.15, 0.2) is 0 Å². The van der Waals surface area contributed by atoms with Gasteiger partial charge in [-0.3, -0.25) is 0 Å². The first-order chi connectivity index (χ1) is 7.81. The minimum absolute atomic E-state index is 0.567. The molecule has 94 valence electrons. The number of alkyl carbamates (subject to hydrolysis) is 1. The van der Waals surface area contributed by atoms with Crippen LogP contribution in [0.25, 0.3) is 0 Å². The number of ether oxygens (including phenoxy) is 1. The van der Waals surface area contributed by atoms with Crippen LogP contribution in [0.4, 0.5) is 4.79 Å². The molecular weight excluding hydrogens is 262 g/mol. The molecule has 1 N–H and O–H groups in total. The molecule has 1 aromatic rings. The zero-order chi connectivity index (χ0) is 13.1. The van der Waals surface area contributed by atoms with Crippen LogP contribution in [0.1, 0.15) is 32.4 Å². The van der Waals surface area contributed by atoms with Gasteiger partial charge in [0.1, 0.15) is 17.9 Å². The van der Waals surface area contributed by atoms with Gasteiger partial charge in [-0.05, 0) is 37.8 Å². The van der Waals surface area contributed by atoms with Crippen molar-refractivity contribution in [2.75, 3.05) is 0 Å². The summed E-state index contributed by atoms with van der Waals surface area (Å²) in [5, 5.41) is 4.19. The van der Waals surface area contributed by atoms with Crippen LogP contribution in [0.15, 0.2) is 11.4 Å². The van der Waals surface area contributed by atoms with E-state index < -0.39 is 17.7 Å². The summed E-state index contributed by atoms with van der Waals surface area (Å²) in [5.74, 6) is 0. The molecule has 0 fully saturated rings. The lowest BCUT2D eigenvalue weighted by Crippen LogP contribution is -2.35. The Kier molecular flexibility index (Phi) is 4.54. The Morgan fingerprint density at radius 3 is 2.65 bits per heavy atom. The lowest BCUT2D eigenvalue weighted by Gasteiger charge is -2.21. The van der Waals surface area contributed by atoms with Gasteiger partial charge in [-0.25, -0.2) is 4.79 Å². The minimum atomic E-state index is -0.728. The third-order valence-electron chi connectivity index (χ3n) is 1.76. The Bertz CT molecular complexity index is 411. The third-order valence-corrected chi connectivity index (χ3v) is 2.86. The molecule has 4 nitrogen and oxygen atoms in total. The summed E-state index contributed by atoms with van der Waals surface area (Å²) in [6.07, 6.45) is 0.0133. The van der Waals surface area contributed by atoms with Crippen LogP contribution in [0.2, 0.25) is 4.34 Å². The number of hydrogen-bond acceptors (Lipinski definition) is 4. The maximum Gasteiger partial charge on any atom is 0.408 e. The molecule has 1 aromatic heterocycles. The van der Waals surface area contributed by atoms with Gasteiger partial charge in [-0.1, -0.05) is 11.6 Å². The zero-order valence-electron chi connectivity index (χ0n) is 9.82. The van der Waals surface area contributed by atoms with Crippen LogP contribution in [-0.4, -0.2) is 18.0 Å². The number of thiophene rings is 1. The Labute approximate surface area is 109 Å². The smallest absolute Gasteiger partial charge is 0.408 e. The van der Waals surface area contributed by atoms with Gasteiger partial charge >= 0.3 is 6.09 Å². The molecule has 17 heavy (non-hydrogen) atoms. The first kappa shape index (κ1) is 14.0. The second kappa shape index (κ2) is 5.51. The summed E-state index contributed by atoms with van der Waals surface area (Å²) in [5.41, 5.74) is 0.0601. The molecule has 0 radical (unpaired) electrons. The Balaban J connectivity index is 2.65. The summed E-state index contributed by atoms with van der Waals surface area (Å²) < 4.78 is 5.63. The van der Waals surface area contributed by atoms with Crippen molar-refractivity contribution in [3.05, 3.63) is 21.3 Å². The van der Waals surface area contributed by atoms with Gasteiger partial charge in [0.25, 0.3) is 0 Å². The van der Waals surface area contributed by atoms with E-state index in [4.69, 9.17) is 16.3 Å². The first-order valence-electron chi connectivity index (χ1n) is 5.00. The second-order valence-corrected chi connectivity index (χ2v) is 5.99. The molecule has 0 aliphatic rings. The summed E-state index contributed by atoms with van der Waals surface area (Å²) in [6.45, 7) is 5.26. The lowest BCUT2D eigenvalue weighted by atomic mass is 10.2. The van der Waals surface area contributed by atoms with Gasteiger partial charge < -0.3 is 14.8 Å². The highest BCUT2D eigenvalue weighted by Gasteiger charge is 2.20. The largest absolute Gasteiger partial charge is 0.444 e. The molecule has 0 saturated carbocycles. The van der Waals surface area contributed by atoms with Gasteiger partial charge in [0.05, 0.1) is 4.34 Å². The van der Waals surface area contributed by atoms with E-state index in [1.807, 2.05) is 0 Å². The topological polar surface area (TPSA) is 55.4 Å². The molecule has 0 aliphatic heterocycles. The summed E-state index contributed by atoms with van der Waals surface area (Å²) in [6, 6.07) is 0.913. The summed E-state index contributed by atoms with van der Waals surface area (Å²) in [7, 11) is 0. The van der Waals surface area contributed by atoms with Crippen LogP contribution < -0.4 is 5.32 Å². The van der Waals surface area contributed by atoms with E-state index in [0.717, 1.165) is 0 Å². The zero-order valence-corrected chi connectivity index (χ0v) is 11.4. The average Bonchev–Trinajstić information content (AvgIpc) is 2.58. The molecule has 1 unspecified atom stereocenters. The van der Waals surface area contributed by atoms with Crippen molar-refractivity contribution in [1.29, 1.82) is 0 Å². The molecule has 1 heterocycles. The average molecular weight is 276 g/mol. The molecule has 0 saturated heterocycles. The highest BCUT2D eigenvalue weighted by atomic mass is 35.5. The highest BCUT2D eigenvalue weighted by Crippen LogP contribution is 2.24. The van der Waals surface area contributed by atoms with Crippen LogP contribution in [-0.2, 0) is 9.53 Å². The predicted molar refractivity (Wildman–Crippen MR) is 67.5 cm³/mol. The normalized spacial score (nSPS) is 12.9. The second-order valence-electron chi connectivity index (χ2n) is 4.44. The molecule has 0 aliphatic carbocycles. The van der Waals surface area contributed by atoms with E-state index in [-0.39, 0.29) is 0 Å². The fourth-order valence-corrected chi connectivity index (χ4v) is 2.04. The molecular formula is C11H14ClNO3S. The maximum absolute atomic E-state index is 11.5. The van der Waals surface area contributed by atoms with E-state index in [1.54, 1.807) is 32.2 Å². The van der Waals surface area contributed by atoms with Crippen molar-refractivity contribution in [2.24, 2.45) is 0 Å². The minimum Gasteiger partial charge on any atom is -0.444 e. The molecule has 6 heteroatoms. The molecule has 0 bridgehead atoms. The molecule has 0 spiro atoms. The van der Waals surface area contributed by atoms with Crippen molar-refractivity contribution in [1.82, 2.24) is 5.32 Å². The Morgan fingerprint density at radius 2 is 2.24 bits per heavy atom. The maximum atomic E-state index is 11.5. The predicted octanol–water partition coefficient (Wildman–Crippen LogP) is 3.17. The number of nitrogens with one attached hydrogen (secondary N) is 1. The Morgan fingerprint density at radius 1 is 1.59 bits per heavy atom. The van der Waals surface area contributed by atoms with Crippen LogP contribution in [0.5, 0.6) is 0 Å². The standard InChI is InChI=1S/C11H14ClNO3S/c1-11(2,3)16-10(15)13-8(5-14)7-4-9(12)17-6-7/h4-6,8H,1-3H3,(H,13,15). The van der Waals surface area contributed by atoms with Gasteiger partial charge in [-0.15, -0.1) is 11.3 Å². The lowest BCUT2D eigenvalue weighted by molar-refractivity contribution is -0.109. The fourth-order valence-electron chi connectivity index (χ4n) is 1.12. The van der Waals surface area contributed by atoms with Crippen molar-refractivity contribution < 1.29 is 14.3 Å². The van der Waals surface area contributed by atoms with Crippen molar-refractivity contribution in [3.8, 4) is 0 Å². The number of halogens is 1. The van der Waals surface area contributed by atoms with Crippen molar-refractivity contribution >= 4 is 35.3 Å². The van der Waals surface area contributed by atoms with E-state index in [1.165, 1.54) is 11.3 Å². The molecule has 1 amide bonds. The Hall–Kier alpha value is -1.07. The van der Waals surface area contributed by atoms with Crippen molar-refractivity contribution in [3.63, 3.8) is 0 Å². The van der Waals surface area contributed by atoms with Gasteiger partial charge in [-0.2, -0.15) is 0 Å². The summed E-state index contributed by atoms with van der Waals surface area (Å²) in [4.78, 5) is 22.4. The molecule has 1 atom stereocenters. The van der Waals surface area contributed by atoms with Crippen LogP contribution in [0, 0.1) is 0 Å². The monoisotopic (exact) mass is 275 g/mol. The number of hydrogen-bond donors (Lipinski definition) is 1. The number of amides is 1. The van der Waals surface area contributed by atoms with Gasteiger partial charge in [0.2, 0.25) is 0 Å². The number of aldehydes is 1. The number of rotatable bonds is 3. The van der Waals surface area contributed by atoms with E-state index >= 15 is 0 Å². The SMILES string of the molecule is CC(C)(C)OC(=O)NC(C=O)c1csc(Cl)c1. The first-order valence-corrected chi connectivity index (χ1v) is 6.26. The molecule has 1 rings (SSSR count). The summed E-state index contributed by atoms with van der Waals surface area (Å²) >= 11 is 7.07. The fraction of sp³-hybridized carbons (Fsp3) is 0.455. The third kappa shape index (κ3) is 4.75. The van der Waals surface area contributed by atoms with Gasteiger partial charge in [0, 0.05) is 0 Å². The quantitative estimate of drug-likeness (QED) is 0.862. The van der Waals surface area contributed by atoms with Crippen LogP contribution in [0.3, 0.4) is 0 Å². The number of carbonyl (C=O) groups is 2. The highest BCUT2D eigenvalue weighted by molar-refractivity contribution is 7.14. The molecule has 0 aromatic carbocycles. The van der Waals surface area contributed by atoms with E-state index in [0.29, 0.717) is 16.2 Å².